The van der Waals surface area contributed by atoms with Gasteiger partial charge in [0, 0.05) is 4.47 Å². The quantitative estimate of drug-likeness (QED) is 0.550. The Morgan fingerprint density at radius 3 is 2.75 bits per heavy atom. The third-order valence-electron chi connectivity index (χ3n) is 3.43. The van der Waals surface area contributed by atoms with Gasteiger partial charge in [0.15, 0.2) is 0 Å². The minimum absolute atomic E-state index is 0.748. The summed E-state index contributed by atoms with van der Waals surface area (Å²) < 4.78 is 1.25. The summed E-state index contributed by atoms with van der Waals surface area (Å²) in [5, 5.41) is 3.59. The van der Waals surface area contributed by atoms with Crippen molar-refractivity contribution in [2.24, 2.45) is 5.92 Å². The number of hydrogen-bond donors (Lipinski definition) is 1. The van der Waals surface area contributed by atoms with Gasteiger partial charge in [0.1, 0.15) is 0 Å². The highest BCUT2D eigenvalue weighted by Gasteiger charge is 2.11. The van der Waals surface area contributed by atoms with Gasteiger partial charge in [-0.2, -0.15) is 11.8 Å². The highest BCUT2D eigenvalue weighted by molar-refractivity contribution is 9.10. The number of benzene rings is 1. The van der Waals surface area contributed by atoms with Gasteiger partial charge < -0.3 is 5.32 Å². The highest BCUT2D eigenvalue weighted by Crippen LogP contribution is 2.22. The van der Waals surface area contributed by atoms with E-state index in [2.05, 4.69) is 71.1 Å². The lowest BCUT2D eigenvalue weighted by Gasteiger charge is -2.18. The van der Waals surface area contributed by atoms with E-state index in [0.29, 0.717) is 0 Å². The van der Waals surface area contributed by atoms with Crippen LogP contribution in [0.4, 0.5) is 0 Å². The second-order valence-electron chi connectivity index (χ2n) is 5.20. The first-order valence-electron chi connectivity index (χ1n) is 7.79. The van der Waals surface area contributed by atoms with Gasteiger partial charge in [-0.25, -0.2) is 0 Å². The van der Waals surface area contributed by atoms with E-state index in [9.17, 15) is 0 Å². The molecule has 1 aromatic rings. The molecule has 0 heterocycles. The fourth-order valence-corrected chi connectivity index (χ4v) is 3.46. The standard InChI is InChI=1S/C17H28BrNS/c1-3-11-19-14-15(8-7-12-20-4-2)13-16-9-5-6-10-17(16)18/h5-6,9-10,15,19H,3-4,7-8,11-14H2,1-2H3. The number of rotatable bonds is 11. The summed E-state index contributed by atoms with van der Waals surface area (Å²) in [7, 11) is 0. The molecule has 0 radical (unpaired) electrons. The van der Waals surface area contributed by atoms with Crippen molar-refractivity contribution in [1.29, 1.82) is 0 Å². The molecular formula is C17H28BrNS. The SMILES string of the molecule is CCCNCC(CCCSCC)Cc1ccccc1Br. The summed E-state index contributed by atoms with van der Waals surface area (Å²) in [6, 6.07) is 8.63. The molecule has 0 amide bonds. The van der Waals surface area contributed by atoms with Gasteiger partial charge in [0.05, 0.1) is 0 Å². The largest absolute Gasteiger partial charge is 0.316 e. The lowest BCUT2D eigenvalue weighted by Crippen LogP contribution is -2.25. The first kappa shape index (κ1) is 18.1. The number of hydrogen-bond acceptors (Lipinski definition) is 2. The average molecular weight is 358 g/mol. The summed E-state index contributed by atoms with van der Waals surface area (Å²) in [6.07, 6.45) is 5.05. The predicted molar refractivity (Wildman–Crippen MR) is 96.7 cm³/mol. The Morgan fingerprint density at radius 2 is 2.05 bits per heavy atom. The van der Waals surface area contributed by atoms with Crippen molar-refractivity contribution in [3.05, 3.63) is 34.3 Å². The van der Waals surface area contributed by atoms with E-state index in [0.717, 1.165) is 19.0 Å². The molecule has 20 heavy (non-hydrogen) atoms. The molecule has 0 bridgehead atoms. The first-order valence-corrected chi connectivity index (χ1v) is 9.74. The van der Waals surface area contributed by atoms with Crippen LogP contribution in [0, 0.1) is 5.92 Å². The predicted octanol–water partition coefficient (Wildman–Crippen LogP) is 5.14. The first-order chi connectivity index (χ1) is 9.77. The lowest BCUT2D eigenvalue weighted by atomic mass is 9.95. The summed E-state index contributed by atoms with van der Waals surface area (Å²) >= 11 is 5.73. The Kier molecular flexibility index (Phi) is 10.5. The molecule has 0 aliphatic rings. The molecule has 1 unspecified atom stereocenters. The second-order valence-corrected chi connectivity index (χ2v) is 7.45. The van der Waals surface area contributed by atoms with E-state index in [1.54, 1.807) is 0 Å². The smallest absolute Gasteiger partial charge is 0.0207 e. The van der Waals surface area contributed by atoms with Gasteiger partial charge in [0.25, 0.3) is 0 Å². The Labute approximate surface area is 137 Å². The molecule has 0 saturated carbocycles. The zero-order valence-corrected chi connectivity index (χ0v) is 15.2. The topological polar surface area (TPSA) is 12.0 Å². The molecule has 0 aromatic heterocycles. The van der Waals surface area contributed by atoms with Gasteiger partial charge in [-0.3, -0.25) is 0 Å². The minimum Gasteiger partial charge on any atom is -0.316 e. The Bertz CT molecular complexity index is 357. The van der Waals surface area contributed by atoms with Gasteiger partial charge >= 0.3 is 0 Å². The van der Waals surface area contributed by atoms with Crippen LogP contribution < -0.4 is 5.32 Å². The van der Waals surface area contributed by atoms with E-state index in [1.165, 1.54) is 47.2 Å². The van der Waals surface area contributed by atoms with Crippen LogP contribution in [0.25, 0.3) is 0 Å². The van der Waals surface area contributed by atoms with Crippen molar-refractivity contribution < 1.29 is 0 Å². The van der Waals surface area contributed by atoms with E-state index >= 15 is 0 Å². The second kappa shape index (κ2) is 11.6. The van der Waals surface area contributed by atoms with Crippen LogP contribution in [-0.2, 0) is 6.42 Å². The zero-order valence-electron chi connectivity index (χ0n) is 12.8. The van der Waals surface area contributed by atoms with Gasteiger partial charge in [-0.1, -0.05) is 48.0 Å². The zero-order chi connectivity index (χ0) is 14.6. The van der Waals surface area contributed by atoms with Crippen LogP contribution in [-0.4, -0.2) is 24.6 Å². The lowest BCUT2D eigenvalue weighted by molar-refractivity contribution is 0.440. The van der Waals surface area contributed by atoms with Crippen molar-refractivity contribution in [2.75, 3.05) is 24.6 Å². The molecule has 1 rings (SSSR count). The maximum Gasteiger partial charge on any atom is 0.0207 e. The molecule has 3 heteroatoms. The fourth-order valence-electron chi connectivity index (χ4n) is 2.35. The van der Waals surface area contributed by atoms with Gasteiger partial charge in [0.2, 0.25) is 0 Å². The minimum atomic E-state index is 0.748. The van der Waals surface area contributed by atoms with Gasteiger partial charge in [-0.05, 0) is 67.8 Å². The molecule has 1 aromatic carbocycles. The Morgan fingerprint density at radius 1 is 1.25 bits per heavy atom. The number of thioether (sulfide) groups is 1. The van der Waals surface area contributed by atoms with E-state index in [4.69, 9.17) is 0 Å². The maximum absolute atomic E-state index is 3.68. The van der Waals surface area contributed by atoms with Crippen molar-refractivity contribution in [2.45, 2.75) is 39.5 Å². The molecule has 0 fully saturated rings. The van der Waals surface area contributed by atoms with Gasteiger partial charge in [-0.15, -0.1) is 0 Å². The number of halogens is 1. The van der Waals surface area contributed by atoms with Crippen molar-refractivity contribution >= 4 is 27.7 Å². The molecular weight excluding hydrogens is 330 g/mol. The van der Waals surface area contributed by atoms with E-state index in [1.807, 2.05) is 0 Å². The summed E-state index contributed by atoms with van der Waals surface area (Å²) in [6.45, 7) is 6.75. The average Bonchev–Trinajstić information content (AvgIpc) is 2.46. The third-order valence-corrected chi connectivity index (χ3v) is 5.19. The van der Waals surface area contributed by atoms with E-state index < -0.39 is 0 Å². The summed E-state index contributed by atoms with van der Waals surface area (Å²) in [4.78, 5) is 0. The van der Waals surface area contributed by atoms with Crippen LogP contribution >= 0.6 is 27.7 Å². The molecule has 0 aliphatic heterocycles. The molecule has 1 N–H and O–H groups in total. The maximum atomic E-state index is 3.68. The Hall–Kier alpha value is 0.01000. The van der Waals surface area contributed by atoms with Crippen LogP contribution in [0.15, 0.2) is 28.7 Å². The number of nitrogens with one attached hydrogen (secondary N) is 1. The van der Waals surface area contributed by atoms with Crippen LogP contribution in [0.3, 0.4) is 0 Å². The van der Waals surface area contributed by atoms with Crippen molar-refractivity contribution in [3.63, 3.8) is 0 Å². The fraction of sp³-hybridized carbons (Fsp3) is 0.647. The van der Waals surface area contributed by atoms with Crippen LogP contribution in [0.1, 0.15) is 38.7 Å². The summed E-state index contributed by atoms with van der Waals surface area (Å²) in [5.41, 5.74) is 1.44. The molecule has 0 spiro atoms. The molecule has 1 atom stereocenters. The molecule has 1 nitrogen and oxygen atoms in total. The third kappa shape index (κ3) is 7.70. The normalized spacial score (nSPS) is 12.6. The Balaban J connectivity index is 2.46. The van der Waals surface area contributed by atoms with Crippen molar-refractivity contribution in [3.8, 4) is 0 Å². The van der Waals surface area contributed by atoms with Crippen LogP contribution in [0.2, 0.25) is 0 Å². The van der Waals surface area contributed by atoms with Crippen LogP contribution in [0.5, 0.6) is 0 Å². The summed E-state index contributed by atoms with van der Waals surface area (Å²) in [5.74, 6) is 3.29. The molecule has 114 valence electrons. The van der Waals surface area contributed by atoms with Crippen molar-refractivity contribution in [1.82, 2.24) is 5.32 Å². The monoisotopic (exact) mass is 357 g/mol. The molecule has 0 saturated heterocycles. The highest BCUT2D eigenvalue weighted by atomic mass is 79.9. The molecule has 0 aliphatic carbocycles. The van der Waals surface area contributed by atoms with E-state index in [-0.39, 0.29) is 0 Å².